The van der Waals surface area contributed by atoms with Crippen LogP contribution >= 0.6 is 0 Å². The molecule has 0 spiro atoms. The Morgan fingerprint density at radius 1 is 0.724 bits per heavy atom. The summed E-state index contributed by atoms with van der Waals surface area (Å²) in [5.74, 6) is 0. The van der Waals surface area contributed by atoms with Gasteiger partial charge in [-0.25, -0.2) is 0 Å². The van der Waals surface area contributed by atoms with Crippen LogP contribution in [0.15, 0.2) is 18.2 Å². The lowest BCUT2D eigenvalue weighted by Gasteiger charge is -2.54. The molecule has 1 aromatic carbocycles. The fraction of sp³-hybridized carbons (Fsp3) is 0.727. The quantitative estimate of drug-likeness (QED) is 0.541. The van der Waals surface area contributed by atoms with Crippen LogP contribution in [0, 0.1) is 0 Å². The molecule has 0 radical (unpaired) electrons. The molecule has 168 valence electrons. The second kappa shape index (κ2) is 9.22. The summed E-state index contributed by atoms with van der Waals surface area (Å²) in [5, 5.41) is 1.40. The fourth-order valence-electron chi connectivity index (χ4n) is 5.59. The monoisotopic (exact) mass is 468 g/mol. The molecule has 1 atom stereocenters. The highest BCUT2D eigenvalue weighted by Crippen LogP contribution is 2.43. The van der Waals surface area contributed by atoms with Crippen molar-refractivity contribution < 1.29 is 4.80 Å². The average Bonchev–Trinajstić information content (AvgIpc) is 2.41. The Morgan fingerprint density at radius 3 is 1.31 bits per heavy atom. The van der Waals surface area contributed by atoms with E-state index >= 15 is 0 Å². The SMILES string of the molecule is CN(C)Cc1cccc(CN(C)C)c1[Si](O)(C([Si](C)(C)C)[Si](C)(C)C)[Si](C)(C)C. The van der Waals surface area contributed by atoms with Gasteiger partial charge in [0, 0.05) is 29.2 Å². The van der Waals surface area contributed by atoms with Gasteiger partial charge >= 0.3 is 0 Å². The molecular formula is C22H48N2OSi4. The third-order valence-corrected chi connectivity index (χ3v) is 37.0. The maximum Gasteiger partial charge on any atom is 0.204 e. The molecule has 0 aromatic heterocycles. The van der Waals surface area contributed by atoms with Crippen LogP contribution in [0.25, 0.3) is 0 Å². The molecule has 0 heterocycles. The minimum absolute atomic E-state index is 0.540. The van der Waals surface area contributed by atoms with Crippen LogP contribution < -0.4 is 5.19 Å². The van der Waals surface area contributed by atoms with Crippen LogP contribution in [0.1, 0.15) is 11.1 Å². The molecule has 1 rings (SSSR count). The largest absolute Gasteiger partial charge is 0.430 e. The van der Waals surface area contributed by atoms with Crippen molar-refractivity contribution in [2.75, 3.05) is 28.2 Å². The van der Waals surface area contributed by atoms with Gasteiger partial charge in [0.2, 0.25) is 7.83 Å². The highest BCUT2D eigenvalue weighted by molar-refractivity contribution is 7.48. The number of rotatable bonds is 9. The van der Waals surface area contributed by atoms with Crippen molar-refractivity contribution in [3.8, 4) is 0 Å². The highest BCUT2D eigenvalue weighted by atomic mass is 29.3. The normalized spacial score (nSPS) is 16.0. The van der Waals surface area contributed by atoms with Gasteiger partial charge in [-0.2, -0.15) is 0 Å². The summed E-state index contributed by atoms with van der Waals surface area (Å²) in [7, 11) is 0.776. The van der Waals surface area contributed by atoms with Crippen LogP contribution in [-0.2, 0) is 13.1 Å². The predicted octanol–water partition coefficient (Wildman–Crippen LogP) is 4.50. The number of hydrogen-bond donors (Lipinski definition) is 1. The Kier molecular flexibility index (Phi) is 8.58. The molecule has 0 aliphatic carbocycles. The van der Waals surface area contributed by atoms with Crippen LogP contribution in [0.2, 0.25) is 63.7 Å². The van der Waals surface area contributed by atoms with Crippen molar-refractivity contribution >= 4 is 36.8 Å². The molecule has 7 heteroatoms. The molecule has 0 aliphatic rings. The molecule has 1 N–H and O–H groups in total. The van der Waals surface area contributed by atoms with Gasteiger partial charge in [-0.15, -0.1) is 0 Å². The van der Waals surface area contributed by atoms with Crippen molar-refractivity contribution in [1.82, 2.24) is 9.80 Å². The summed E-state index contributed by atoms with van der Waals surface area (Å²) in [4.78, 5) is 18.2. The highest BCUT2D eigenvalue weighted by Gasteiger charge is 2.61. The predicted molar refractivity (Wildman–Crippen MR) is 143 cm³/mol. The lowest BCUT2D eigenvalue weighted by atomic mass is 10.1. The first-order valence-electron chi connectivity index (χ1n) is 11.0. The maximum absolute atomic E-state index is 13.2. The Hall–Kier alpha value is -0.0325. The summed E-state index contributed by atoms with van der Waals surface area (Å²) in [6.07, 6.45) is 0. The zero-order chi connectivity index (χ0) is 23.0. The van der Waals surface area contributed by atoms with E-state index in [9.17, 15) is 4.80 Å². The third kappa shape index (κ3) is 6.24. The minimum Gasteiger partial charge on any atom is -0.430 e. The molecule has 3 nitrogen and oxygen atoms in total. The van der Waals surface area contributed by atoms with E-state index in [1.54, 1.807) is 0 Å². The smallest absolute Gasteiger partial charge is 0.204 e. The van der Waals surface area contributed by atoms with Crippen molar-refractivity contribution in [1.29, 1.82) is 0 Å². The van der Waals surface area contributed by atoms with E-state index in [2.05, 4.69) is 115 Å². The van der Waals surface area contributed by atoms with E-state index in [1.165, 1.54) is 16.3 Å². The number of nitrogens with zero attached hydrogens (tertiary/aromatic N) is 2. The Bertz CT molecular complexity index is 645. The van der Waals surface area contributed by atoms with Gasteiger partial charge in [-0.1, -0.05) is 77.1 Å². The van der Waals surface area contributed by atoms with Crippen LogP contribution in [0.3, 0.4) is 0 Å². The topological polar surface area (TPSA) is 26.7 Å². The second-order valence-electron chi connectivity index (χ2n) is 12.6. The van der Waals surface area contributed by atoms with Gasteiger partial charge < -0.3 is 14.6 Å². The first kappa shape index (κ1) is 27.0. The fourth-order valence-corrected chi connectivity index (χ4v) is 51.5. The van der Waals surface area contributed by atoms with E-state index in [1.807, 2.05) is 0 Å². The van der Waals surface area contributed by atoms with Gasteiger partial charge in [0.15, 0.2) is 0 Å². The Balaban J connectivity index is 4.06. The van der Waals surface area contributed by atoms with E-state index < -0.39 is 31.6 Å². The lowest BCUT2D eigenvalue weighted by Crippen LogP contribution is -2.77. The summed E-state index contributed by atoms with van der Waals surface area (Å²) >= 11 is 0. The van der Waals surface area contributed by atoms with E-state index in [0.29, 0.717) is 4.79 Å². The summed E-state index contributed by atoms with van der Waals surface area (Å²) < 4.78 is 0. The third-order valence-electron chi connectivity index (χ3n) is 5.88. The van der Waals surface area contributed by atoms with E-state index in [0.717, 1.165) is 13.1 Å². The maximum atomic E-state index is 13.2. The summed E-state index contributed by atoms with van der Waals surface area (Å²) in [5.41, 5.74) is 2.74. The molecule has 0 aliphatic heterocycles. The first-order valence-corrected chi connectivity index (χ1v) is 24.6. The molecule has 0 saturated heterocycles. The van der Waals surface area contributed by atoms with Gasteiger partial charge in [0.25, 0.3) is 0 Å². The average molecular weight is 469 g/mol. The van der Waals surface area contributed by atoms with E-state index in [-0.39, 0.29) is 0 Å². The first-order chi connectivity index (χ1) is 12.8. The number of hydrogen-bond acceptors (Lipinski definition) is 3. The second-order valence-corrected chi connectivity index (χ2v) is 38.9. The van der Waals surface area contributed by atoms with Crippen molar-refractivity contribution in [3.63, 3.8) is 0 Å². The molecule has 0 amide bonds. The minimum atomic E-state index is -2.74. The van der Waals surface area contributed by atoms with E-state index in [4.69, 9.17) is 0 Å². The molecule has 0 bridgehead atoms. The number of benzene rings is 1. The van der Waals surface area contributed by atoms with Crippen molar-refractivity contribution in [2.45, 2.75) is 76.8 Å². The summed E-state index contributed by atoms with van der Waals surface area (Å²) in [6, 6.07) is 6.79. The van der Waals surface area contributed by atoms with Crippen LogP contribution in [0.4, 0.5) is 0 Å². The standard InChI is InChI=1S/C22H48N2OSi4/c1-23(2)17-19-15-14-16-20(18-24(3)4)21(19)29(25,28(11,12)13)22(26(5,6)7)27(8,9)10/h14-16,22,25H,17-18H2,1-13H3. The van der Waals surface area contributed by atoms with Crippen molar-refractivity contribution in [2.24, 2.45) is 0 Å². The zero-order valence-corrected chi connectivity index (χ0v) is 25.6. The van der Waals surface area contributed by atoms with Crippen molar-refractivity contribution in [3.05, 3.63) is 29.3 Å². The molecule has 1 unspecified atom stereocenters. The zero-order valence-electron chi connectivity index (χ0n) is 21.6. The van der Waals surface area contributed by atoms with Gasteiger partial charge in [0.05, 0.1) is 7.59 Å². The lowest BCUT2D eigenvalue weighted by molar-refractivity contribution is 0.397. The van der Waals surface area contributed by atoms with Gasteiger partial charge in [0.1, 0.15) is 0 Å². The molecule has 1 aromatic rings. The van der Waals surface area contributed by atoms with Gasteiger partial charge in [-0.05, 0) is 49.3 Å². The summed E-state index contributed by atoms with van der Waals surface area (Å²) in [6.45, 7) is 24.2. The van der Waals surface area contributed by atoms with Crippen LogP contribution in [0.5, 0.6) is 0 Å². The van der Waals surface area contributed by atoms with Crippen LogP contribution in [-0.4, -0.2) is 74.4 Å². The Labute approximate surface area is 185 Å². The molecule has 0 fully saturated rings. The molecular weight excluding hydrogens is 421 g/mol. The Morgan fingerprint density at radius 2 is 1.07 bits per heavy atom. The molecule has 0 saturated carbocycles. The van der Waals surface area contributed by atoms with Gasteiger partial charge in [-0.3, -0.25) is 0 Å². The molecule has 29 heavy (non-hydrogen) atoms.